The van der Waals surface area contributed by atoms with Crippen molar-refractivity contribution >= 4 is 44.7 Å². The van der Waals surface area contributed by atoms with E-state index in [4.69, 9.17) is 4.42 Å². The van der Waals surface area contributed by atoms with Crippen LogP contribution >= 0.6 is 34.4 Å². The second-order valence-corrected chi connectivity index (χ2v) is 9.30. The molecule has 5 rings (SSSR count). The Morgan fingerprint density at radius 3 is 3.00 bits per heavy atom. The number of rotatable bonds is 5. The molecule has 1 aliphatic rings. The largest absolute Gasteiger partial charge is 0.416 e. The number of H-pyrrole nitrogens is 1. The molecule has 4 aromatic heterocycles. The third-order valence-electron chi connectivity index (χ3n) is 4.26. The quantitative estimate of drug-likeness (QED) is 0.482. The van der Waals surface area contributed by atoms with E-state index in [1.54, 1.807) is 11.3 Å². The Bertz CT molecular complexity index is 1120. The van der Waals surface area contributed by atoms with Gasteiger partial charge in [0.25, 0.3) is 10.8 Å². The Kier molecular flexibility index (Phi) is 3.95. The Balaban J connectivity index is 1.46. The van der Waals surface area contributed by atoms with Crippen molar-refractivity contribution in [2.24, 2.45) is 0 Å². The molecule has 1 fully saturated rings. The zero-order valence-corrected chi connectivity index (χ0v) is 16.2. The number of hydrogen-bond acceptors (Lipinski definition) is 8. The lowest BCUT2D eigenvalue weighted by molar-refractivity contribution is 0.413. The van der Waals surface area contributed by atoms with Gasteiger partial charge in [0.15, 0.2) is 0 Å². The fraction of sp³-hybridized carbons (Fsp3) is 0.294. The summed E-state index contributed by atoms with van der Waals surface area (Å²) in [4.78, 5) is 22.1. The van der Waals surface area contributed by atoms with Gasteiger partial charge in [0.2, 0.25) is 5.89 Å². The van der Waals surface area contributed by atoms with Gasteiger partial charge in [-0.15, -0.1) is 32.9 Å². The molecular weight excluding hydrogens is 388 g/mol. The number of nitrogens with zero attached hydrogens (tertiary/aromatic N) is 3. The van der Waals surface area contributed by atoms with E-state index in [9.17, 15) is 4.79 Å². The van der Waals surface area contributed by atoms with Gasteiger partial charge in [0, 0.05) is 21.7 Å². The summed E-state index contributed by atoms with van der Waals surface area (Å²) in [6.45, 7) is 1.98. The van der Waals surface area contributed by atoms with Crippen molar-refractivity contribution < 1.29 is 4.42 Å². The van der Waals surface area contributed by atoms with Gasteiger partial charge >= 0.3 is 0 Å². The molecule has 132 valence electrons. The summed E-state index contributed by atoms with van der Waals surface area (Å²) >= 11 is 4.53. The topological polar surface area (TPSA) is 84.7 Å². The Morgan fingerprint density at radius 2 is 2.23 bits per heavy atom. The Hall–Kier alpha value is -1.97. The normalized spacial score (nSPS) is 15.6. The molecule has 1 saturated carbocycles. The van der Waals surface area contributed by atoms with E-state index in [0.29, 0.717) is 22.4 Å². The van der Waals surface area contributed by atoms with Crippen LogP contribution in [-0.4, -0.2) is 20.2 Å². The predicted octanol–water partition coefficient (Wildman–Crippen LogP) is 4.83. The molecule has 0 aromatic carbocycles. The summed E-state index contributed by atoms with van der Waals surface area (Å²) in [5, 5.41) is 13.3. The Morgan fingerprint density at radius 1 is 1.35 bits per heavy atom. The van der Waals surface area contributed by atoms with Crippen molar-refractivity contribution in [3.8, 4) is 10.4 Å². The van der Waals surface area contributed by atoms with E-state index in [0.717, 1.165) is 34.0 Å². The number of thiophene rings is 2. The zero-order chi connectivity index (χ0) is 17.7. The fourth-order valence-electron chi connectivity index (χ4n) is 2.74. The van der Waals surface area contributed by atoms with Crippen molar-refractivity contribution in [1.29, 1.82) is 0 Å². The first-order valence-electron chi connectivity index (χ1n) is 8.24. The molecule has 1 aliphatic carbocycles. The first-order chi connectivity index (χ1) is 12.7. The van der Waals surface area contributed by atoms with Gasteiger partial charge < -0.3 is 9.40 Å². The van der Waals surface area contributed by atoms with Crippen LogP contribution in [-0.2, 0) is 0 Å². The van der Waals surface area contributed by atoms with Gasteiger partial charge in [-0.1, -0.05) is 17.8 Å². The summed E-state index contributed by atoms with van der Waals surface area (Å²) in [5.74, 6) is 1.77. The van der Waals surface area contributed by atoms with E-state index in [-0.39, 0.29) is 10.8 Å². The van der Waals surface area contributed by atoms with Gasteiger partial charge in [0.1, 0.15) is 10.7 Å². The third-order valence-corrected chi connectivity index (χ3v) is 6.98. The van der Waals surface area contributed by atoms with Crippen LogP contribution in [0.3, 0.4) is 0 Å². The molecule has 0 amide bonds. The average Bonchev–Trinajstić information content (AvgIpc) is 3.05. The summed E-state index contributed by atoms with van der Waals surface area (Å²) in [7, 11) is 0. The highest BCUT2D eigenvalue weighted by Crippen LogP contribution is 2.41. The van der Waals surface area contributed by atoms with Crippen LogP contribution < -0.4 is 5.56 Å². The zero-order valence-electron chi connectivity index (χ0n) is 13.8. The minimum atomic E-state index is -0.105. The minimum absolute atomic E-state index is 0.0908. The molecule has 0 saturated heterocycles. The molecule has 1 atom stereocenters. The van der Waals surface area contributed by atoms with E-state index in [1.807, 2.05) is 29.8 Å². The molecule has 0 bridgehead atoms. The standard InChI is InChI=1S/C17H14N4O2S3/c1-8(26-17-21-20-15(23-17)9-4-5-9)13-18-14(22)12-10(7-25-16(12)19-13)11-3-2-6-24-11/h2-3,6-9H,4-5H2,1H3,(H,18,19,22). The van der Waals surface area contributed by atoms with Crippen LogP contribution in [0, 0.1) is 0 Å². The molecule has 0 spiro atoms. The average molecular weight is 403 g/mol. The number of fused-ring (bicyclic) bond motifs is 1. The molecule has 1 unspecified atom stereocenters. The first-order valence-corrected chi connectivity index (χ1v) is 10.9. The summed E-state index contributed by atoms with van der Waals surface area (Å²) < 4.78 is 5.70. The third kappa shape index (κ3) is 2.89. The van der Waals surface area contributed by atoms with Gasteiger partial charge in [-0.25, -0.2) is 4.98 Å². The van der Waals surface area contributed by atoms with Crippen LogP contribution in [0.2, 0.25) is 0 Å². The summed E-state index contributed by atoms with van der Waals surface area (Å²) in [6.07, 6.45) is 2.25. The van der Waals surface area contributed by atoms with E-state index in [2.05, 4.69) is 20.2 Å². The number of thioether (sulfide) groups is 1. The van der Waals surface area contributed by atoms with E-state index >= 15 is 0 Å². The van der Waals surface area contributed by atoms with Crippen molar-refractivity contribution in [2.75, 3.05) is 0 Å². The number of hydrogen-bond donors (Lipinski definition) is 1. The highest BCUT2D eigenvalue weighted by Gasteiger charge is 2.30. The van der Waals surface area contributed by atoms with Gasteiger partial charge in [-0.05, 0) is 31.2 Å². The molecule has 4 heterocycles. The minimum Gasteiger partial charge on any atom is -0.416 e. The first kappa shape index (κ1) is 16.2. The van der Waals surface area contributed by atoms with Crippen LogP contribution in [0.5, 0.6) is 0 Å². The molecule has 4 aromatic rings. The van der Waals surface area contributed by atoms with Crippen molar-refractivity contribution in [3.63, 3.8) is 0 Å². The highest BCUT2D eigenvalue weighted by molar-refractivity contribution is 7.99. The number of aromatic amines is 1. The molecule has 0 aliphatic heterocycles. The van der Waals surface area contributed by atoms with E-state index in [1.165, 1.54) is 23.1 Å². The van der Waals surface area contributed by atoms with Crippen molar-refractivity contribution in [2.45, 2.75) is 36.2 Å². The second kappa shape index (κ2) is 6.33. The summed E-state index contributed by atoms with van der Waals surface area (Å²) in [5.41, 5.74) is 0.845. The van der Waals surface area contributed by atoms with Gasteiger partial charge in [0.05, 0.1) is 10.6 Å². The molecule has 6 nitrogen and oxygen atoms in total. The van der Waals surface area contributed by atoms with Crippen LogP contribution in [0.4, 0.5) is 0 Å². The fourth-order valence-corrected chi connectivity index (χ4v) is 5.26. The van der Waals surface area contributed by atoms with Crippen LogP contribution in [0.25, 0.3) is 20.7 Å². The van der Waals surface area contributed by atoms with Gasteiger partial charge in [-0.2, -0.15) is 0 Å². The molecule has 1 N–H and O–H groups in total. The smallest absolute Gasteiger partial charge is 0.277 e. The highest BCUT2D eigenvalue weighted by atomic mass is 32.2. The maximum Gasteiger partial charge on any atom is 0.277 e. The number of nitrogens with one attached hydrogen (secondary N) is 1. The maximum atomic E-state index is 12.7. The maximum absolute atomic E-state index is 12.7. The lowest BCUT2D eigenvalue weighted by Crippen LogP contribution is -2.12. The lowest BCUT2D eigenvalue weighted by Gasteiger charge is -2.07. The molecule has 9 heteroatoms. The SMILES string of the molecule is CC(Sc1nnc(C2CC2)o1)c1nc2scc(-c3cccs3)c2c(=O)[nH]1. The monoisotopic (exact) mass is 402 g/mol. The lowest BCUT2D eigenvalue weighted by atomic mass is 10.2. The number of aromatic nitrogens is 4. The Labute approximate surface area is 160 Å². The van der Waals surface area contributed by atoms with Crippen molar-refractivity contribution in [1.82, 2.24) is 20.2 Å². The van der Waals surface area contributed by atoms with E-state index < -0.39 is 0 Å². The van der Waals surface area contributed by atoms with Gasteiger partial charge in [-0.3, -0.25) is 4.79 Å². The molecule has 0 radical (unpaired) electrons. The van der Waals surface area contributed by atoms with Crippen LogP contribution in [0.1, 0.15) is 42.6 Å². The summed E-state index contributed by atoms with van der Waals surface area (Å²) in [6, 6.07) is 4.00. The van der Waals surface area contributed by atoms with Crippen molar-refractivity contribution in [3.05, 3.63) is 45.0 Å². The predicted molar refractivity (Wildman–Crippen MR) is 104 cm³/mol. The molecule has 26 heavy (non-hydrogen) atoms. The second-order valence-electron chi connectivity index (χ2n) is 6.20. The molecular formula is C17H14N4O2S3. The van der Waals surface area contributed by atoms with Crippen LogP contribution in [0.15, 0.2) is 37.3 Å².